The third-order valence-electron chi connectivity index (χ3n) is 2.34. The van der Waals surface area contributed by atoms with Gasteiger partial charge in [0.25, 0.3) is 0 Å². The zero-order chi connectivity index (χ0) is 15.2. The molecule has 2 rings (SSSR count). The van der Waals surface area contributed by atoms with Crippen LogP contribution in [0.25, 0.3) is 11.3 Å². The number of carbonyl (C=O) groups excluding carboxylic acids is 2. The molecule has 0 aliphatic rings. The fourth-order valence-electron chi connectivity index (χ4n) is 1.47. The van der Waals surface area contributed by atoms with E-state index in [0.29, 0.717) is 5.13 Å². The second kappa shape index (κ2) is 7.58. The minimum Gasteiger partial charge on any atom is -0.549 e. The van der Waals surface area contributed by atoms with Crippen LogP contribution in [0, 0.1) is 0 Å². The molecule has 0 aliphatic heterocycles. The topological polar surface area (TPSA) is 82.1 Å². The molecule has 0 saturated heterocycles. The number of carbonyl (C=O) groups is 2. The van der Waals surface area contributed by atoms with Gasteiger partial charge in [-0.3, -0.25) is 4.79 Å². The van der Waals surface area contributed by atoms with Crippen molar-refractivity contribution in [2.45, 2.75) is 0 Å². The third kappa shape index (κ3) is 5.14. The first-order valence-corrected chi connectivity index (χ1v) is 8.66. The third-order valence-corrected chi connectivity index (χ3v) is 4.54. The lowest BCUT2D eigenvalue weighted by Crippen LogP contribution is -2.25. The molecule has 0 radical (unpaired) electrons. The molecule has 0 bridgehead atoms. The maximum absolute atomic E-state index is 11.6. The molecule has 0 fully saturated rings. The average molecular weight is 386 g/mol. The summed E-state index contributed by atoms with van der Waals surface area (Å²) >= 11 is 5.68. The lowest BCUT2D eigenvalue weighted by atomic mass is 10.2. The molecule has 21 heavy (non-hydrogen) atoms. The number of halogens is 1. The van der Waals surface area contributed by atoms with E-state index in [-0.39, 0.29) is 17.4 Å². The van der Waals surface area contributed by atoms with Crippen molar-refractivity contribution in [1.29, 1.82) is 0 Å². The number of carboxylic acid groups (broad SMARTS) is 1. The van der Waals surface area contributed by atoms with Gasteiger partial charge < -0.3 is 15.2 Å². The van der Waals surface area contributed by atoms with Crippen molar-refractivity contribution in [3.63, 3.8) is 0 Å². The summed E-state index contributed by atoms with van der Waals surface area (Å²) in [7, 11) is 0. The summed E-state index contributed by atoms with van der Waals surface area (Å²) in [4.78, 5) is 26.2. The second-order valence-corrected chi connectivity index (χ2v) is 6.72. The minimum atomic E-state index is -1.18. The first-order chi connectivity index (χ1) is 10.0. The predicted octanol–water partition coefficient (Wildman–Crippen LogP) is 1.99. The molecule has 0 unspecified atom stereocenters. The fraction of sp³-hybridized carbons (Fsp3) is 0.154. The van der Waals surface area contributed by atoms with E-state index < -0.39 is 5.97 Å². The van der Waals surface area contributed by atoms with Crippen LogP contribution in [0.4, 0.5) is 5.13 Å². The Morgan fingerprint density at radius 1 is 1.29 bits per heavy atom. The summed E-state index contributed by atoms with van der Waals surface area (Å²) in [5.41, 5.74) is 1.74. The predicted molar refractivity (Wildman–Crippen MR) is 86.2 cm³/mol. The molecule has 1 aromatic heterocycles. The molecule has 110 valence electrons. The van der Waals surface area contributed by atoms with E-state index >= 15 is 0 Å². The number of thiazole rings is 1. The van der Waals surface area contributed by atoms with E-state index in [9.17, 15) is 14.7 Å². The standard InChI is InChI=1S/C13H11BrN2O3S2/c14-9-3-1-8(2-4-9)10-5-21-13(15-10)16-11(17)6-20-7-12(18)19/h1-5H,6-7H2,(H,18,19)(H,15,16,17)/p-1. The Hall–Kier alpha value is -1.38. The summed E-state index contributed by atoms with van der Waals surface area (Å²) in [5.74, 6) is -1.60. The van der Waals surface area contributed by atoms with Crippen LogP contribution >= 0.6 is 39.0 Å². The van der Waals surface area contributed by atoms with Crippen LogP contribution in [0.1, 0.15) is 0 Å². The number of aromatic nitrogens is 1. The highest BCUT2D eigenvalue weighted by molar-refractivity contribution is 9.10. The van der Waals surface area contributed by atoms with E-state index in [1.165, 1.54) is 11.3 Å². The number of thioether (sulfide) groups is 1. The molecule has 1 N–H and O–H groups in total. The Kier molecular flexibility index (Phi) is 5.77. The van der Waals surface area contributed by atoms with Crippen molar-refractivity contribution in [3.8, 4) is 11.3 Å². The number of anilines is 1. The van der Waals surface area contributed by atoms with Gasteiger partial charge in [-0.2, -0.15) is 0 Å². The smallest absolute Gasteiger partial charge is 0.236 e. The highest BCUT2D eigenvalue weighted by Gasteiger charge is 2.08. The zero-order valence-corrected chi connectivity index (χ0v) is 13.9. The number of carboxylic acids is 1. The van der Waals surface area contributed by atoms with Crippen LogP contribution in [0.15, 0.2) is 34.1 Å². The van der Waals surface area contributed by atoms with Crippen molar-refractivity contribution in [2.24, 2.45) is 0 Å². The van der Waals surface area contributed by atoms with Gasteiger partial charge in [-0.1, -0.05) is 28.1 Å². The summed E-state index contributed by atoms with van der Waals surface area (Å²) in [5, 5.41) is 15.2. The van der Waals surface area contributed by atoms with E-state index in [1.807, 2.05) is 29.6 Å². The summed E-state index contributed by atoms with van der Waals surface area (Å²) in [6.45, 7) is 0. The SMILES string of the molecule is O=C([O-])CSCC(=O)Nc1nc(-c2ccc(Br)cc2)cs1. The Morgan fingerprint density at radius 3 is 2.67 bits per heavy atom. The van der Waals surface area contributed by atoms with E-state index in [0.717, 1.165) is 27.5 Å². The van der Waals surface area contributed by atoms with E-state index in [4.69, 9.17) is 0 Å². The molecular weight excluding hydrogens is 376 g/mol. The summed E-state index contributed by atoms with van der Waals surface area (Å²) in [6.07, 6.45) is 0. The van der Waals surface area contributed by atoms with Crippen molar-refractivity contribution in [1.82, 2.24) is 4.98 Å². The molecule has 1 heterocycles. The zero-order valence-electron chi connectivity index (χ0n) is 10.7. The monoisotopic (exact) mass is 385 g/mol. The first-order valence-electron chi connectivity index (χ1n) is 5.83. The van der Waals surface area contributed by atoms with Crippen LogP contribution in [-0.2, 0) is 9.59 Å². The lowest BCUT2D eigenvalue weighted by molar-refractivity contribution is -0.301. The van der Waals surface area contributed by atoms with Crippen LogP contribution in [0.3, 0.4) is 0 Å². The van der Waals surface area contributed by atoms with Crippen LogP contribution in [-0.4, -0.2) is 28.4 Å². The van der Waals surface area contributed by atoms with Gasteiger partial charge >= 0.3 is 0 Å². The number of hydrogen-bond acceptors (Lipinski definition) is 6. The normalized spacial score (nSPS) is 10.3. The Labute approximate surface area is 137 Å². The molecular formula is C13H10BrN2O3S2-. The number of nitrogens with one attached hydrogen (secondary N) is 1. The summed E-state index contributed by atoms with van der Waals surface area (Å²) < 4.78 is 0.986. The number of benzene rings is 1. The number of aliphatic carboxylic acids is 1. The Bertz CT molecular complexity index is 643. The molecule has 0 saturated carbocycles. The van der Waals surface area contributed by atoms with Crippen LogP contribution < -0.4 is 10.4 Å². The minimum absolute atomic E-state index is 0.0567. The quantitative estimate of drug-likeness (QED) is 0.821. The molecule has 5 nitrogen and oxygen atoms in total. The maximum atomic E-state index is 11.6. The van der Waals surface area contributed by atoms with Gasteiger partial charge in [0.05, 0.1) is 17.4 Å². The molecule has 1 aromatic carbocycles. The van der Waals surface area contributed by atoms with Crippen LogP contribution in [0.5, 0.6) is 0 Å². The van der Waals surface area contributed by atoms with Crippen molar-refractivity contribution >= 4 is 56.0 Å². The number of nitrogens with zero attached hydrogens (tertiary/aromatic N) is 1. The number of amides is 1. The van der Waals surface area contributed by atoms with Crippen molar-refractivity contribution in [3.05, 3.63) is 34.1 Å². The van der Waals surface area contributed by atoms with Gasteiger partial charge in [-0.15, -0.1) is 23.1 Å². The van der Waals surface area contributed by atoms with Gasteiger partial charge in [-0.05, 0) is 12.1 Å². The van der Waals surface area contributed by atoms with Crippen molar-refractivity contribution in [2.75, 3.05) is 16.8 Å². The maximum Gasteiger partial charge on any atom is 0.236 e. The van der Waals surface area contributed by atoms with E-state index in [2.05, 4.69) is 26.2 Å². The Morgan fingerprint density at radius 2 is 2.00 bits per heavy atom. The largest absolute Gasteiger partial charge is 0.549 e. The van der Waals surface area contributed by atoms with Gasteiger partial charge in [0, 0.05) is 21.2 Å². The highest BCUT2D eigenvalue weighted by atomic mass is 79.9. The number of rotatable bonds is 6. The molecule has 0 atom stereocenters. The fourth-order valence-corrected chi connectivity index (χ4v) is 2.99. The summed E-state index contributed by atoms with van der Waals surface area (Å²) in [6, 6.07) is 7.70. The van der Waals surface area contributed by atoms with E-state index in [1.54, 1.807) is 0 Å². The molecule has 1 amide bonds. The highest BCUT2D eigenvalue weighted by Crippen LogP contribution is 2.26. The van der Waals surface area contributed by atoms with Gasteiger partial charge in [0.1, 0.15) is 0 Å². The number of hydrogen-bond donors (Lipinski definition) is 1. The van der Waals surface area contributed by atoms with Crippen molar-refractivity contribution < 1.29 is 14.7 Å². The second-order valence-electron chi connectivity index (χ2n) is 3.96. The molecule has 8 heteroatoms. The van der Waals surface area contributed by atoms with Crippen LogP contribution in [0.2, 0.25) is 0 Å². The lowest BCUT2D eigenvalue weighted by Gasteiger charge is -2.02. The molecule has 0 spiro atoms. The van der Waals surface area contributed by atoms with Gasteiger partial charge in [-0.25, -0.2) is 4.98 Å². The Balaban J connectivity index is 1.92. The molecule has 2 aromatic rings. The van der Waals surface area contributed by atoms with Gasteiger partial charge in [0.15, 0.2) is 5.13 Å². The average Bonchev–Trinajstić information content (AvgIpc) is 2.87. The van der Waals surface area contributed by atoms with Gasteiger partial charge in [0.2, 0.25) is 5.91 Å². The molecule has 0 aliphatic carbocycles. The first kappa shape index (κ1) is 16.0.